The van der Waals surface area contributed by atoms with Crippen LogP contribution in [0, 0.1) is 0 Å². The van der Waals surface area contributed by atoms with E-state index >= 15 is 0 Å². The van der Waals surface area contributed by atoms with Crippen molar-refractivity contribution in [3.05, 3.63) is 65.2 Å². The highest BCUT2D eigenvalue weighted by Gasteiger charge is 2.09. The van der Waals surface area contributed by atoms with Crippen molar-refractivity contribution in [3.63, 3.8) is 0 Å². The van der Waals surface area contributed by atoms with Crippen LogP contribution in [0.4, 0.5) is 5.69 Å². The van der Waals surface area contributed by atoms with Crippen molar-refractivity contribution in [2.75, 3.05) is 5.32 Å². The number of carbonyl (C=O) groups excluding carboxylic acids is 1. The van der Waals surface area contributed by atoms with Gasteiger partial charge in [0.05, 0.1) is 5.69 Å². The molecule has 2 aromatic heterocycles. The first-order valence-electron chi connectivity index (χ1n) is 6.00. The molecule has 2 heterocycles. The lowest BCUT2D eigenvalue weighted by molar-refractivity contribution is 0.102. The summed E-state index contributed by atoms with van der Waals surface area (Å²) in [5.41, 5.74) is 1.10. The molecule has 0 radical (unpaired) electrons. The summed E-state index contributed by atoms with van der Waals surface area (Å²) in [5, 5.41) is 4.80. The zero-order valence-electron chi connectivity index (χ0n) is 10.4. The summed E-state index contributed by atoms with van der Waals surface area (Å²) in [4.78, 5) is 20.3. The molecule has 0 aliphatic heterocycles. The van der Waals surface area contributed by atoms with Gasteiger partial charge in [-0.1, -0.05) is 12.1 Å². The van der Waals surface area contributed by atoms with E-state index in [4.69, 9.17) is 0 Å². The maximum Gasteiger partial charge on any atom is 0.274 e. The largest absolute Gasteiger partial charge is 0.320 e. The second-order valence-corrected chi connectivity index (χ2v) is 5.13. The van der Waals surface area contributed by atoms with E-state index in [9.17, 15) is 4.79 Å². The number of carbonyl (C=O) groups is 1. The standard InChI is InChI=1S/C15H10BrN3O/c16-11-4-5-14(18-8-11)15(20)19-13-3-1-2-10-6-7-17-9-12(10)13/h1-9H,(H,19,20). The Bertz CT molecular complexity index is 766. The van der Waals surface area contributed by atoms with Crippen LogP contribution in [0.1, 0.15) is 10.5 Å². The average Bonchev–Trinajstić information content (AvgIpc) is 2.48. The van der Waals surface area contributed by atoms with Crippen LogP contribution in [0.25, 0.3) is 10.8 Å². The van der Waals surface area contributed by atoms with Gasteiger partial charge in [0.25, 0.3) is 5.91 Å². The van der Waals surface area contributed by atoms with Crippen molar-refractivity contribution in [1.29, 1.82) is 0 Å². The van der Waals surface area contributed by atoms with Gasteiger partial charge in [-0.3, -0.25) is 9.78 Å². The number of nitrogens with zero attached hydrogens (tertiary/aromatic N) is 2. The van der Waals surface area contributed by atoms with Crippen LogP contribution < -0.4 is 5.32 Å². The molecule has 3 rings (SSSR count). The summed E-state index contributed by atoms with van der Waals surface area (Å²) in [6.45, 7) is 0. The van der Waals surface area contributed by atoms with E-state index < -0.39 is 0 Å². The smallest absolute Gasteiger partial charge is 0.274 e. The monoisotopic (exact) mass is 327 g/mol. The molecule has 1 N–H and O–H groups in total. The molecule has 0 atom stereocenters. The molecule has 0 saturated heterocycles. The fraction of sp³-hybridized carbons (Fsp3) is 0. The third kappa shape index (κ3) is 2.53. The Labute approximate surface area is 124 Å². The Hall–Kier alpha value is -2.27. The van der Waals surface area contributed by atoms with E-state index in [1.807, 2.05) is 24.3 Å². The van der Waals surface area contributed by atoms with Crippen molar-refractivity contribution in [2.45, 2.75) is 0 Å². The Kier molecular flexibility index (Phi) is 3.43. The summed E-state index contributed by atoms with van der Waals surface area (Å²) in [7, 11) is 0. The molecular formula is C15H10BrN3O. The third-order valence-electron chi connectivity index (χ3n) is 2.89. The van der Waals surface area contributed by atoms with E-state index in [0.29, 0.717) is 5.69 Å². The van der Waals surface area contributed by atoms with Gasteiger partial charge in [-0.25, -0.2) is 4.98 Å². The number of anilines is 1. The number of hydrogen-bond donors (Lipinski definition) is 1. The van der Waals surface area contributed by atoms with E-state index in [0.717, 1.165) is 20.9 Å². The summed E-state index contributed by atoms with van der Waals surface area (Å²) in [6.07, 6.45) is 5.06. The number of fused-ring (bicyclic) bond motifs is 1. The SMILES string of the molecule is O=C(Nc1cccc2ccncc12)c1ccc(Br)cn1. The quantitative estimate of drug-likeness (QED) is 0.781. The number of halogens is 1. The average molecular weight is 328 g/mol. The normalized spacial score (nSPS) is 10.4. The molecule has 5 heteroatoms. The van der Waals surface area contributed by atoms with Gasteiger partial charge in [-0.05, 0) is 45.6 Å². The lowest BCUT2D eigenvalue weighted by Gasteiger charge is -2.08. The Morgan fingerprint density at radius 3 is 2.80 bits per heavy atom. The van der Waals surface area contributed by atoms with Crippen LogP contribution in [0.2, 0.25) is 0 Å². The summed E-state index contributed by atoms with van der Waals surface area (Å²) in [6, 6.07) is 11.1. The number of aromatic nitrogens is 2. The van der Waals surface area contributed by atoms with Gasteiger partial charge in [0, 0.05) is 28.4 Å². The fourth-order valence-corrected chi connectivity index (χ4v) is 2.15. The summed E-state index contributed by atoms with van der Waals surface area (Å²) in [5.74, 6) is -0.242. The van der Waals surface area contributed by atoms with Crippen LogP contribution in [-0.4, -0.2) is 15.9 Å². The summed E-state index contributed by atoms with van der Waals surface area (Å²) < 4.78 is 0.836. The molecule has 0 bridgehead atoms. The van der Waals surface area contributed by atoms with Crippen LogP contribution in [-0.2, 0) is 0 Å². The van der Waals surface area contributed by atoms with Crippen molar-refractivity contribution in [1.82, 2.24) is 9.97 Å². The molecule has 98 valence electrons. The second kappa shape index (κ2) is 5.38. The Morgan fingerprint density at radius 1 is 1.10 bits per heavy atom. The lowest BCUT2D eigenvalue weighted by Crippen LogP contribution is -2.13. The second-order valence-electron chi connectivity index (χ2n) is 4.22. The van der Waals surface area contributed by atoms with E-state index in [-0.39, 0.29) is 5.91 Å². The highest BCUT2D eigenvalue weighted by Crippen LogP contribution is 2.22. The molecule has 0 aliphatic carbocycles. The first kappa shape index (κ1) is 12.7. The van der Waals surface area contributed by atoms with Crippen molar-refractivity contribution < 1.29 is 4.79 Å². The number of amides is 1. The number of hydrogen-bond acceptors (Lipinski definition) is 3. The zero-order chi connectivity index (χ0) is 13.9. The highest BCUT2D eigenvalue weighted by atomic mass is 79.9. The van der Waals surface area contributed by atoms with Gasteiger partial charge in [0.15, 0.2) is 0 Å². The van der Waals surface area contributed by atoms with E-state index in [1.165, 1.54) is 0 Å². The summed E-state index contributed by atoms with van der Waals surface area (Å²) >= 11 is 3.29. The van der Waals surface area contributed by atoms with Gasteiger partial charge in [-0.15, -0.1) is 0 Å². The molecule has 0 unspecified atom stereocenters. The maximum absolute atomic E-state index is 12.2. The van der Waals surface area contributed by atoms with Gasteiger partial charge >= 0.3 is 0 Å². The Morgan fingerprint density at radius 2 is 2.00 bits per heavy atom. The first-order chi connectivity index (χ1) is 9.74. The Balaban J connectivity index is 1.93. The van der Waals surface area contributed by atoms with Crippen LogP contribution >= 0.6 is 15.9 Å². The van der Waals surface area contributed by atoms with Gasteiger partial charge in [0.2, 0.25) is 0 Å². The number of nitrogens with one attached hydrogen (secondary N) is 1. The van der Waals surface area contributed by atoms with Crippen LogP contribution in [0.3, 0.4) is 0 Å². The lowest BCUT2D eigenvalue weighted by atomic mass is 10.1. The van der Waals surface area contributed by atoms with Gasteiger partial charge < -0.3 is 5.32 Å². The molecule has 0 fully saturated rings. The van der Waals surface area contributed by atoms with Crippen molar-refractivity contribution in [3.8, 4) is 0 Å². The minimum atomic E-state index is -0.242. The highest BCUT2D eigenvalue weighted by molar-refractivity contribution is 9.10. The van der Waals surface area contributed by atoms with E-state index in [1.54, 1.807) is 30.7 Å². The predicted octanol–water partition coefficient (Wildman–Crippen LogP) is 3.64. The molecule has 0 saturated carbocycles. The van der Waals surface area contributed by atoms with Crippen molar-refractivity contribution in [2.24, 2.45) is 0 Å². The molecule has 1 aromatic carbocycles. The molecule has 0 aliphatic rings. The molecule has 1 amide bonds. The minimum absolute atomic E-state index is 0.242. The molecule has 3 aromatic rings. The molecule has 0 spiro atoms. The minimum Gasteiger partial charge on any atom is -0.320 e. The third-order valence-corrected chi connectivity index (χ3v) is 3.36. The van der Waals surface area contributed by atoms with Crippen molar-refractivity contribution >= 4 is 38.3 Å². The molecule has 4 nitrogen and oxygen atoms in total. The zero-order valence-corrected chi connectivity index (χ0v) is 12.0. The molecule has 20 heavy (non-hydrogen) atoms. The predicted molar refractivity (Wildman–Crippen MR) is 81.6 cm³/mol. The van der Waals surface area contributed by atoms with E-state index in [2.05, 4.69) is 31.2 Å². The fourth-order valence-electron chi connectivity index (χ4n) is 1.92. The number of rotatable bonds is 2. The van der Waals surface area contributed by atoms with Gasteiger partial charge in [0.1, 0.15) is 5.69 Å². The topological polar surface area (TPSA) is 54.9 Å². The first-order valence-corrected chi connectivity index (χ1v) is 6.79. The number of pyridine rings is 2. The maximum atomic E-state index is 12.2. The van der Waals surface area contributed by atoms with Crippen LogP contribution in [0.5, 0.6) is 0 Å². The molecular weight excluding hydrogens is 318 g/mol. The van der Waals surface area contributed by atoms with Gasteiger partial charge in [-0.2, -0.15) is 0 Å². The van der Waals surface area contributed by atoms with Crippen LogP contribution in [0.15, 0.2) is 59.5 Å². The number of benzene rings is 1.